The SMILES string of the molecule is CCCn1c(=O)c2c(N)n(CC(F)(F)F)nc2c2ccccc21. The minimum absolute atomic E-state index is 0.0430. The Bertz CT molecular complexity index is 940. The molecule has 0 radical (unpaired) electrons. The molecule has 3 aromatic rings. The third-order valence-electron chi connectivity index (χ3n) is 3.68. The number of fused-ring (bicyclic) bond motifs is 3. The summed E-state index contributed by atoms with van der Waals surface area (Å²) in [7, 11) is 0. The summed E-state index contributed by atoms with van der Waals surface area (Å²) >= 11 is 0. The van der Waals surface area contributed by atoms with E-state index >= 15 is 0 Å². The van der Waals surface area contributed by atoms with Gasteiger partial charge < -0.3 is 10.3 Å². The van der Waals surface area contributed by atoms with Gasteiger partial charge in [-0.15, -0.1) is 0 Å². The molecule has 3 rings (SSSR count). The van der Waals surface area contributed by atoms with Crippen LogP contribution in [0.3, 0.4) is 0 Å². The predicted molar refractivity (Wildman–Crippen MR) is 82.3 cm³/mol. The van der Waals surface area contributed by atoms with E-state index < -0.39 is 18.3 Å². The van der Waals surface area contributed by atoms with Crippen molar-refractivity contribution in [2.75, 3.05) is 5.73 Å². The van der Waals surface area contributed by atoms with Crippen molar-refractivity contribution < 1.29 is 13.2 Å². The molecule has 0 amide bonds. The van der Waals surface area contributed by atoms with Crippen LogP contribution in [0.1, 0.15) is 13.3 Å². The summed E-state index contributed by atoms with van der Waals surface area (Å²) in [5.41, 5.74) is 6.23. The van der Waals surface area contributed by atoms with Crippen LogP contribution in [0.15, 0.2) is 29.1 Å². The molecule has 122 valence electrons. The van der Waals surface area contributed by atoms with E-state index in [0.717, 1.165) is 0 Å². The molecular weight excluding hydrogens is 309 g/mol. The lowest BCUT2D eigenvalue weighted by molar-refractivity contribution is -0.142. The molecule has 8 heteroatoms. The number of alkyl halides is 3. The second kappa shape index (κ2) is 5.29. The van der Waals surface area contributed by atoms with Gasteiger partial charge in [-0.05, 0) is 12.5 Å². The molecule has 0 saturated heterocycles. The second-order valence-corrected chi connectivity index (χ2v) is 5.36. The molecule has 0 atom stereocenters. The fourth-order valence-corrected chi connectivity index (χ4v) is 2.76. The van der Waals surface area contributed by atoms with Gasteiger partial charge in [0.15, 0.2) is 0 Å². The van der Waals surface area contributed by atoms with Gasteiger partial charge in [-0.2, -0.15) is 18.3 Å². The number of benzene rings is 1. The van der Waals surface area contributed by atoms with Crippen LogP contribution in [0.4, 0.5) is 19.0 Å². The Morgan fingerprint density at radius 2 is 1.96 bits per heavy atom. The van der Waals surface area contributed by atoms with E-state index in [2.05, 4.69) is 5.10 Å². The number of anilines is 1. The Morgan fingerprint density at radius 1 is 1.26 bits per heavy atom. The number of hydrogen-bond donors (Lipinski definition) is 1. The van der Waals surface area contributed by atoms with Crippen molar-refractivity contribution in [3.05, 3.63) is 34.6 Å². The summed E-state index contributed by atoms with van der Waals surface area (Å²) in [5, 5.41) is 4.60. The highest BCUT2D eigenvalue weighted by Gasteiger charge is 2.31. The molecule has 23 heavy (non-hydrogen) atoms. The van der Waals surface area contributed by atoms with Crippen molar-refractivity contribution >= 4 is 27.6 Å². The summed E-state index contributed by atoms with van der Waals surface area (Å²) in [4.78, 5) is 12.7. The van der Waals surface area contributed by atoms with E-state index in [9.17, 15) is 18.0 Å². The van der Waals surface area contributed by atoms with Crippen LogP contribution in [-0.4, -0.2) is 20.5 Å². The normalized spacial score (nSPS) is 12.3. The topological polar surface area (TPSA) is 65.8 Å². The fraction of sp³-hybridized carbons (Fsp3) is 0.333. The maximum atomic E-state index is 12.7. The van der Waals surface area contributed by atoms with Crippen LogP contribution in [0.25, 0.3) is 21.8 Å². The average molecular weight is 324 g/mol. The Labute approximate surface area is 129 Å². The van der Waals surface area contributed by atoms with Crippen molar-refractivity contribution in [3.63, 3.8) is 0 Å². The number of rotatable bonds is 3. The first kappa shape index (κ1) is 15.4. The quantitative estimate of drug-likeness (QED) is 0.805. The fourth-order valence-electron chi connectivity index (χ4n) is 2.76. The molecule has 1 aromatic carbocycles. The van der Waals surface area contributed by atoms with Gasteiger partial charge >= 0.3 is 6.18 Å². The maximum absolute atomic E-state index is 12.7. The van der Waals surface area contributed by atoms with Crippen LogP contribution in [0.2, 0.25) is 0 Å². The number of aromatic nitrogens is 3. The molecule has 0 fully saturated rings. The molecule has 0 spiro atoms. The Hall–Kier alpha value is -2.51. The molecule has 2 aromatic heterocycles. The van der Waals surface area contributed by atoms with Crippen molar-refractivity contribution in [1.82, 2.24) is 14.3 Å². The monoisotopic (exact) mass is 324 g/mol. The molecule has 5 nitrogen and oxygen atoms in total. The highest BCUT2D eigenvalue weighted by atomic mass is 19.4. The molecule has 0 aliphatic heterocycles. The minimum atomic E-state index is -4.46. The number of hydrogen-bond acceptors (Lipinski definition) is 3. The first-order valence-corrected chi connectivity index (χ1v) is 7.17. The zero-order chi connectivity index (χ0) is 16.8. The molecule has 0 aliphatic rings. The summed E-state index contributed by atoms with van der Waals surface area (Å²) in [6.07, 6.45) is -3.75. The molecular formula is C15H15F3N4O. The van der Waals surface area contributed by atoms with Gasteiger partial charge in [-0.3, -0.25) is 4.79 Å². The van der Waals surface area contributed by atoms with Crippen molar-refractivity contribution in [2.45, 2.75) is 32.6 Å². The summed E-state index contributed by atoms with van der Waals surface area (Å²) < 4.78 is 40.2. The van der Waals surface area contributed by atoms with E-state index in [0.29, 0.717) is 28.6 Å². The maximum Gasteiger partial charge on any atom is 0.408 e. The molecule has 2 heterocycles. The minimum Gasteiger partial charge on any atom is -0.383 e. The van der Waals surface area contributed by atoms with Crippen LogP contribution in [0, 0.1) is 0 Å². The van der Waals surface area contributed by atoms with Gasteiger partial charge in [0.25, 0.3) is 5.56 Å². The first-order chi connectivity index (χ1) is 10.8. The highest BCUT2D eigenvalue weighted by Crippen LogP contribution is 2.28. The van der Waals surface area contributed by atoms with Crippen LogP contribution in [-0.2, 0) is 13.1 Å². The zero-order valence-corrected chi connectivity index (χ0v) is 12.4. The van der Waals surface area contributed by atoms with Crippen LogP contribution in [0.5, 0.6) is 0 Å². The smallest absolute Gasteiger partial charge is 0.383 e. The standard InChI is InChI=1S/C15H15F3N4O/c1-2-7-21-10-6-4-3-5-9(10)12-11(14(21)23)13(19)22(20-12)8-15(16,17)18/h3-6H,2,7-8,19H2,1H3. The molecule has 0 bridgehead atoms. The summed E-state index contributed by atoms with van der Waals surface area (Å²) in [6, 6.07) is 7.01. The molecule has 0 saturated carbocycles. The van der Waals surface area contributed by atoms with Crippen molar-refractivity contribution in [2.24, 2.45) is 0 Å². The van der Waals surface area contributed by atoms with Crippen molar-refractivity contribution in [1.29, 1.82) is 0 Å². The first-order valence-electron chi connectivity index (χ1n) is 7.17. The van der Waals surface area contributed by atoms with Crippen LogP contribution < -0.4 is 11.3 Å². The second-order valence-electron chi connectivity index (χ2n) is 5.36. The third-order valence-corrected chi connectivity index (χ3v) is 3.68. The lowest BCUT2D eigenvalue weighted by Crippen LogP contribution is -2.22. The largest absolute Gasteiger partial charge is 0.408 e. The average Bonchev–Trinajstić information content (AvgIpc) is 2.79. The van der Waals surface area contributed by atoms with Gasteiger partial charge in [-0.25, -0.2) is 4.68 Å². The number of halogens is 3. The van der Waals surface area contributed by atoms with Crippen molar-refractivity contribution in [3.8, 4) is 0 Å². The molecule has 0 aliphatic carbocycles. The van der Waals surface area contributed by atoms with Gasteiger partial charge in [0, 0.05) is 11.9 Å². The molecule has 0 unspecified atom stereocenters. The summed E-state index contributed by atoms with van der Waals surface area (Å²) in [6.45, 7) is 1.05. The number of nitrogens with two attached hydrogens (primary N) is 1. The lowest BCUT2D eigenvalue weighted by Gasteiger charge is -2.09. The summed E-state index contributed by atoms with van der Waals surface area (Å²) in [5.74, 6) is -0.252. The Morgan fingerprint density at radius 3 is 2.61 bits per heavy atom. The van der Waals surface area contributed by atoms with Gasteiger partial charge in [0.2, 0.25) is 0 Å². The van der Waals surface area contributed by atoms with E-state index in [1.807, 2.05) is 6.92 Å². The third kappa shape index (κ3) is 2.54. The molecule has 2 N–H and O–H groups in total. The highest BCUT2D eigenvalue weighted by molar-refractivity contribution is 6.06. The van der Waals surface area contributed by atoms with E-state index in [1.165, 1.54) is 4.57 Å². The predicted octanol–water partition coefficient (Wildman–Crippen LogP) is 2.91. The number of nitrogen functional groups attached to an aromatic ring is 1. The Kier molecular flexibility index (Phi) is 3.54. The van der Waals surface area contributed by atoms with E-state index in [1.54, 1.807) is 24.3 Å². The Balaban J connectivity index is 2.41. The van der Waals surface area contributed by atoms with Gasteiger partial charge in [-0.1, -0.05) is 25.1 Å². The number of aryl methyl sites for hydroxylation is 1. The van der Waals surface area contributed by atoms with E-state index in [4.69, 9.17) is 5.73 Å². The van der Waals surface area contributed by atoms with Gasteiger partial charge in [0.05, 0.1) is 5.52 Å². The number of nitrogens with zero attached hydrogens (tertiary/aromatic N) is 3. The van der Waals surface area contributed by atoms with E-state index in [-0.39, 0.29) is 16.7 Å². The lowest BCUT2D eigenvalue weighted by atomic mass is 10.1. The van der Waals surface area contributed by atoms with Gasteiger partial charge in [0.1, 0.15) is 23.3 Å². The van der Waals surface area contributed by atoms with Crippen LogP contribution >= 0.6 is 0 Å². The number of para-hydroxylation sites is 1. The zero-order valence-electron chi connectivity index (χ0n) is 12.4. The number of pyridine rings is 1.